The topological polar surface area (TPSA) is 52.6 Å². The van der Waals surface area contributed by atoms with Crippen molar-refractivity contribution in [1.82, 2.24) is 0 Å². The molecule has 0 aromatic rings. The fourth-order valence-electron chi connectivity index (χ4n) is 5.31. The van der Waals surface area contributed by atoms with Gasteiger partial charge in [-0.05, 0) is 84.0 Å². The van der Waals surface area contributed by atoms with Gasteiger partial charge in [-0.3, -0.25) is 9.59 Å². The van der Waals surface area contributed by atoms with Gasteiger partial charge in [0.1, 0.15) is 11.7 Å². The molecule has 2 bridgehead atoms. The number of carbonyl (C=O) groups excluding carboxylic acids is 2. The molecule has 4 atom stereocenters. The van der Waals surface area contributed by atoms with Gasteiger partial charge in [-0.1, -0.05) is 26.2 Å². The number of carbonyl (C=O) groups is 2. The molecule has 4 heteroatoms. The monoisotopic (exact) mass is 378 g/mol. The fourth-order valence-corrected chi connectivity index (χ4v) is 5.31. The Bertz CT molecular complexity index is 559. The molecule has 4 nitrogen and oxygen atoms in total. The Hall–Kier alpha value is -1.06. The summed E-state index contributed by atoms with van der Waals surface area (Å²) in [4.78, 5) is 25.3. The molecule has 0 spiro atoms. The number of ether oxygens (including phenoxy) is 2. The second kappa shape index (κ2) is 7.75. The van der Waals surface area contributed by atoms with Gasteiger partial charge in [-0.15, -0.1) is 0 Å². The van der Waals surface area contributed by atoms with Crippen LogP contribution in [0.2, 0.25) is 0 Å². The van der Waals surface area contributed by atoms with Gasteiger partial charge in [0.2, 0.25) is 0 Å². The second-order valence-electron chi connectivity index (χ2n) is 10.4. The molecule has 0 aliphatic heterocycles. The average molecular weight is 379 g/mol. The molecule has 0 N–H and O–H groups in total. The molecule has 154 valence electrons. The van der Waals surface area contributed by atoms with Gasteiger partial charge in [-0.25, -0.2) is 0 Å². The summed E-state index contributed by atoms with van der Waals surface area (Å²) in [5, 5.41) is 0. The average Bonchev–Trinajstić information content (AvgIpc) is 3.22. The Morgan fingerprint density at radius 3 is 2.15 bits per heavy atom. The number of hydrogen-bond donors (Lipinski definition) is 0. The van der Waals surface area contributed by atoms with Gasteiger partial charge in [-0.2, -0.15) is 0 Å². The Labute approximate surface area is 164 Å². The van der Waals surface area contributed by atoms with Crippen LogP contribution in [0.4, 0.5) is 0 Å². The highest BCUT2D eigenvalue weighted by molar-refractivity contribution is 5.76. The van der Waals surface area contributed by atoms with Gasteiger partial charge in [0.05, 0.1) is 11.3 Å². The third-order valence-corrected chi connectivity index (χ3v) is 7.74. The lowest BCUT2D eigenvalue weighted by molar-refractivity contribution is -0.172. The van der Waals surface area contributed by atoms with E-state index in [4.69, 9.17) is 9.47 Å². The van der Waals surface area contributed by atoms with Crippen molar-refractivity contribution in [3.8, 4) is 0 Å². The van der Waals surface area contributed by atoms with Crippen molar-refractivity contribution in [2.24, 2.45) is 29.1 Å². The van der Waals surface area contributed by atoms with E-state index >= 15 is 0 Å². The van der Waals surface area contributed by atoms with Gasteiger partial charge in [0, 0.05) is 0 Å². The van der Waals surface area contributed by atoms with Gasteiger partial charge < -0.3 is 9.47 Å². The summed E-state index contributed by atoms with van der Waals surface area (Å²) in [6, 6.07) is 0. The number of esters is 2. The van der Waals surface area contributed by atoms with Crippen molar-refractivity contribution in [3.05, 3.63) is 0 Å². The molecular weight excluding hydrogens is 340 g/mol. The molecule has 0 saturated heterocycles. The van der Waals surface area contributed by atoms with E-state index in [-0.39, 0.29) is 29.6 Å². The summed E-state index contributed by atoms with van der Waals surface area (Å²) >= 11 is 0. The molecule has 27 heavy (non-hydrogen) atoms. The highest BCUT2D eigenvalue weighted by atomic mass is 16.6. The SMILES string of the molecule is CCC(C)(C)C(=O)OC1CC2CC1CC2C(=O)OC(C)(C)C1CCCCC1. The predicted octanol–water partition coefficient (Wildman–Crippen LogP) is 5.28. The highest BCUT2D eigenvalue weighted by Crippen LogP contribution is 2.51. The van der Waals surface area contributed by atoms with E-state index in [1.807, 2.05) is 20.8 Å². The third kappa shape index (κ3) is 4.35. The van der Waals surface area contributed by atoms with Crippen LogP contribution in [0.3, 0.4) is 0 Å². The highest BCUT2D eigenvalue weighted by Gasteiger charge is 2.52. The van der Waals surface area contributed by atoms with E-state index in [2.05, 4.69) is 13.8 Å². The Morgan fingerprint density at radius 2 is 1.59 bits per heavy atom. The molecule has 0 amide bonds. The summed E-state index contributed by atoms with van der Waals surface area (Å²) in [7, 11) is 0. The Balaban J connectivity index is 1.53. The Kier molecular flexibility index (Phi) is 5.93. The van der Waals surface area contributed by atoms with E-state index in [1.54, 1.807) is 0 Å². The van der Waals surface area contributed by atoms with Crippen LogP contribution in [0.15, 0.2) is 0 Å². The molecule has 3 aliphatic carbocycles. The van der Waals surface area contributed by atoms with E-state index < -0.39 is 5.41 Å². The third-order valence-electron chi connectivity index (χ3n) is 7.74. The van der Waals surface area contributed by atoms with E-state index in [9.17, 15) is 9.59 Å². The largest absolute Gasteiger partial charge is 0.462 e. The molecule has 3 rings (SSSR count). The minimum Gasteiger partial charge on any atom is -0.462 e. The van der Waals surface area contributed by atoms with Crippen molar-refractivity contribution < 1.29 is 19.1 Å². The first-order valence-corrected chi connectivity index (χ1v) is 11.1. The lowest BCUT2D eigenvalue weighted by Crippen LogP contribution is -2.41. The van der Waals surface area contributed by atoms with E-state index in [0.29, 0.717) is 17.8 Å². The summed E-state index contributed by atoms with van der Waals surface area (Å²) in [6.07, 6.45) is 9.54. The van der Waals surface area contributed by atoms with Gasteiger partial charge in [0.25, 0.3) is 0 Å². The van der Waals surface area contributed by atoms with Crippen molar-refractivity contribution in [1.29, 1.82) is 0 Å². The Morgan fingerprint density at radius 1 is 0.926 bits per heavy atom. The van der Waals surface area contributed by atoms with Gasteiger partial charge >= 0.3 is 11.9 Å². The standard InChI is InChI=1S/C23H38O4/c1-6-22(2,3)21(25)26-19-14-15-12-16(19)13-18(15)20(24)27-23(4,5)17-10-8-7-9-11-17/h15-19H,6-14H2,1-5H3. The first kappa shape index (κ1) is 20.7. The van der Waals surface area contributed by atoms with Crippen LogP contribution in [0, 0.1) is 29.1 Å². The van der Waals surface area contributed by atoms with Crippen molar-refractivity contribution in [2.45, 2.75) is 104 Å². The van der Waals surface area contributed by atoms with Crippen LogP contribution in [0.1, 0.15) is 92.4 Å². The maximum atomic E-state index is 12.9. The van der Waals surface area contributed by atoms with Crippen LogP contribution in [-0.4, -0.2) is 23.6 Å². The summed E-state index contributed by atoms with van der Waals surface area (Å²) in [5.74, 6) is 0.997. The maximum Gasteiger partial charge on any atom is 0.311 e. The lowest BCUT2D eigenvalue weighted by Gasteiger charge is -2.38. The smallest absolute Gasteiger partial charge is 0.311 e. The molecule has 4 unspecified atom stereocenters. The predicted molar refractivity (Wildman–Crippen MR) is 105 cm³/mol. The normalized spacial score (nSPS) is 31.7. The quantitative estimate of drug-likeness (QED) is 0.590. The van der Waals surface area contributed by atoms with Crippen molar-refractivity contribution in [2.75, 3.05) is 0 Å². The first-order chi connectivity index (χ1) is 12.6. The van der Waals surface area contributed by atoms with Crippen LogP contribution in [0.5, 0.6) is 0 Å². The molecule has 3 aliphatic rings. The zero-order chi connectivity index (χ0) is 19.8. The van der Waals surface area contributed by atoms with Crippen molar-refractivity contribution >= 4 is 11.9 Å². The van der Waals surface area contributed by atoms with Crippen molar-refractivity contribution in [3.63, 3.8) is 0 Å². The van der Waals surface area contributed by atoms with E-state index in [0.717, 1.165) is 25.7 Å². The fraction of sp³-hybridized carbons (Fsp3) is 0.913. The lowest BCUT2D eigenvalue weighted by atomic mass is 9.78. The number of rotatable bonds is 6. The summed E-state index contributed by atoms with van der Waals surface area (Å²) in [5.41, 5.74) is -0.791. The molecule has 0 radical (unpaired) electrons. The van der Waals surface area contributed by atoms with E-state index in [1.165, 1.54) is 32.1 Å². The van der Waals surface area contributed by atoms with Crippen LogP contribution >= 0.6 is 0 Å². The number of hydrogen-bond acceptors (Lipinski definition) is 4. The van der Waals surface area contributed by atoms with Crippen LogP contribution in [0.25, 0.3) is 0 Å². The minimum atomic E-state index is -0.426. The summed E-state index contributed by atoms with van der Waals surface area (Å²) < 4.78 is 11.9. The number of fused-ring (bicyclic) bond motifs is 2. The molecule has 3 fully saturated rings. The maximum absolute atomic E-state index is 12.9. The van der Waals surface area contributed by atoms with Gasteiger partial charge in [0.15, 0.2) is 0 Å². The first-order valence-electron chi connectivity index (χ1n) is 11.1. The summed E-state index contributed by atoms with van der Waals surface area (Å²) in [6.45, 7) is 10.1. The molecule has 0 heterocycles. The van der Waals surface area contributed by atoms with Crippen LogP contribution in [-0.2, 0) is 19.1 Å². The zero-order valence-electron chi connectivity index (χ0n) is 17.9. The molecule has 3 saturated carbocycles. The zero-order valence-corrected chi connectivity index (χ0v) is 17.9. The minimum absolute atomic E-state index is 0.00740. The molecule has 0 aromatic carbocycles. The molecular formula is C23H38O4. The second-order valence-corrected chi connectivity index (χ2v) is 10.4. The molecule has 0 aromatic heterocycles. The van der Waals surface area contributed by atoms with Crippen LogP contribution < -0.4 is 0 Å².